The van der Waals surface area contributed by atoms with Crippen molar-refractivity contribution in [3.63, 3.8) is 0 Å². The Hall–Kier alpha value is -2.37. The van der Waals surface area contributed by atoms with E-state index in [1.807, 2.05) is 34.6 Å². The number of aromatic carboxylic acids is 1. The molecular formula is C16H22N2O4. The topological polar surface area (TPSA) is 85.5 Å². The summed E-state index contributed by atoms with van der Waals surface area (Å²) in [5.41, 5.74) is -0.132. The smallest absolute Gasteiger partial charge is 0.339 e. The van der Waals surface area contributed by atoms with E-state index in [1.165, 1.54) is 6.07 Å². The largest absolute Gasteiger partial charge is 0.483 e. The van der Waals surface area contributed by atoms with Gasteiger partial charge in [-0.25, -0.2) is 4.79 Å². The molecule has 2 rings (SSSR count). The van der Waals surface area contributed by atoms with Gasteiger partial charge in [-0.05, 0) is 12.1 Å². The summed E-state index contributed by atoms with van der Waals surface area (Å²) in [6, 6.07) is 6.41. The normalized spacial score (nSPS) is 10.6. The minimum Gasteiger partial charge on any atom is -0.483 e. The molecule has 1 heterocycles. The average molecular weight is 306 g/mol. The second kappa shape index (κ2) is 7.59. The summed E-state index contributed by atoms with van der Waals surface area (Å²) in [6.07, 6.45) is 0. The van der Waals surface area contributed by atoms with Crippen LogP contribution in [0.3, 0.4) is 0 Å². The van der Waals surface area contributed by atoms with Gasteiger partial charge in [-0.2, -0.15) is 0 Å². The molecule has 0 unspecified atom stereocenters. The van der Waals surface area contributed by atoms with Crippen LogP contribution < -0.4 is 4.74 Å². The van der Waals surface area contributed by atoms with E-state index in [-0.39, 0.29) is 23.3 Å². The molecule has 0 amide bonds. The zero-order chi connectivity index (χ0) is 16.8. The molecule has 0 radical (unpaired) electrons. The van der Waals surface area contributed by atoms with Crippen LogP contribution in [0.4, 0.5) is 0 Å². The van der Waals surface area contributed by atoms with Crippen molar-refractivity contribution in [1.29, 1.82) is 0 Å². The van der Waals surface area contributed by atoms with Gasteiger partial charge in [0.25, 0.3) is 5.89 Å². The lowest BCUT2D eigenvalue weighted by atomic mass is 9.97. The first kappa shape index (κ1) is 17.7. The molecule has 6 heteroatoms. The summed E-state index contributed by atoms with van der Waals surface area (Å²) in [7, 11) is 0. The van der Waals surface area contributed by atoms with Crippen LogP contribution in [0, 0.1) is 0 Å². The Morgan fingerprint density at radius 2 is 1.86 bits per heavy atom. The maximum absolute atomic E-state index is 11.0. The molecule has 1 N–H and O–H groups in total. The number of nitrogens with zero attached hydrogens (tertiary/aromatic N) is 2. The monoisotopic (exact) mass is 306 g/mol. The van der Waals surface area contributed by atoms with E-state index in [0.29, 0.717) is 11.8 Å². The third kappa shape index (κ3) is 4.58. The number of carbonyl (C=O) groups is 1. The molecule has 1 aromatic heterocycles. The highest BCUT2D eigenvalue weighted by atomic mass is 16.5. The third-order valence-electron chi connectivity index (χ3n) is 2.58. The molecular weight excluding hydrogens is 284 g/mol. The predicted octanol–water partition coefficient (Wildman–Crippen LogP) is 3.67. The second-order valence-corrected chi connectivity index (χ2v) is 5.34. The quantitative estimate of drug-likeness (QED) is 0.927. The van der Waals surface area contributed by atoms with Gasteiger partial charge in [0.1, 0.15) is 11.3 Å². The number of ether oxygens (including phenoxy) is 1. The van der Waals surface area contributed by atoms with E-state index in [4.69, 9.17) is 14.3 Å². The van der Waals surface area contributed by atoms with E-state index in [9.17, 15) is 4.79 Å². The number of aromatic nitrogens is 2. The second-order valence-electron chi connectivity index (χ2n) is 5.34. The van der Waals surface area contributed by atoms with Crippen LogP contribution in [0.25, 0.3) is 0 Å². The van der Waals surface area contributed by atoms with Crippen molar-refractivity contribution in [2.75, 3.05) is 0 Å². The molecule has 120 valence electrons. The molecule has 22 heavy (non-hydrogen) atoms. The Morgan fingerprint density at radius 1 is 1.23 bits per heavy atom. The van der Waals surface area contributed by atoms with Gasteiger partial charge >= 0.3 is 5.97 Å². The van der Waals surface area contributed by atoms with E-state index >= 15 is 0 Å². The van der Waals surface area contributed by atoms with Crippen LogP contribution in [0.1, 0.15) is 56.8 Å². The first-order chi connectivity index (χ1) is 10.4. The fraction of sp³-hybridized carbons (Fsp3) is 0.438. The minimum absolute atomic E-state index is 0.0351. The molecule has 0 aliphatic heterocycles. The summed E-state index contributed by atoms with van der Waals surface area (Å²) in [6.45, 7) is 9.92. The van der Waals surface area contributed by atoms with Gasteiger partial charge in [0.05, 0.1) is 0 Å². The SMILES string of the molecule is CC.CC(C)(C)c1nnc(COc2ccccc2C(=O)O)o1. The standard InChI is InChI=1S/C14H16N2O4.C2H6/c1-14(2,3)13-16-15-11(20-13)8-19-10-7-5-4-6-9(10)12(17)18;1-2/h4-7H,8H2,1-3H3,(H,17,18);1-2H3. The summed E-state index contributed by atoms with van der Waals surface area (Å²) in [4.78, 5) is 11.0. The Labute approximate surface area is 130 Å². The summed E-state index contributed by atoms with van der Waals surface area (Å²) in [5.74, 6) is 0.0646. The molecule has 0 atom stereocenters. The molecule has 0 aliphatic rings. The number of rotatable bonds is 4. The predicted molar refractivity (Wildman–Crippen MR) is 82.1 cm³/mol. The summed E-state index contributed by atoms with van der Waals surface area (Å²) >= 11 is 0. The van der Waals surface area contributed by atoms with Crippen LogP contribution in [-0.4, -0.2) is 21.3 Å². The third-order valence-corrected chi connectivity index (χ3v) is 2.58. The Balaban J connectivity index is 0.00000116. The number of hydrogen-bond donors (Lipinski definition) is 1. The van der Waals surface area contributed by atoms with Crippen LogP contribution in [0.5, 0.6) is 5.75 Å². The highest BCUT2D eigenvalue weighted by molar-refractivity contribution is 5.90. The minimum atomic E-state index is -1.04. The van der Waals surface area contributed by atoms with Crippen molar-refractivity contribution >= 4 is 5.97 Å². The molecule has 0 spiro atoms. The number of carboxylic acid groups (broad SMARTS) is 1. The maximum atomic E-state index is 11.0. The maximum Gasteiger partial charge on any atom is 0.339 e. The lowest BCUT2D eigenvalue weighted by Crippen LogP contribution is -2.11. The fourth-order valence-electron chi connectivity index (χ4n) is 1.52. The van der Waals surface area contributed by atoms with Crippen molar-refractivity contribution in [1.82, 2.24) is 10.2 Å². The lowest BCUT2D eigenvalue weighted by Gasteiger charge is -2.11. The fourth-order valence-corrected chi connectivity index (χ4v) is 1.52. The van der Waals surface area contributed by atoms with E-state index < -0.39 is 5.97 Å². The van der Waals surface area contributed by atoms with Gasteiger partial charge in [-0.3, -0.25) is 0 Å². The summed E-state index contributed by atoms with van der Waals surface area (Å²) in [5, 5.41) is 16.9. The Morgan fingerprint density at radius 3 is 2.41 bits per heavy atom. The number of benzene rings is 1. The number of para-hydroxylation sites is 1. The zero-order valence-corrected chi connectivity index (χ0v) is 13.6. The van der Waals surface area contributed by atoms with E-state index in [2.05, 4.69) is 10.2 Å². The van der Waals surface area contributed by atoms with E-state index in [1.54, 1.807) is 18.2 Å². The van der Waals surface area contributed by atoms with Gasteiger partial charge in [0.15, 0.2) is 6.61 Å². The zero-order valence-electron chi connectivity index (χ0n) is 13.6. The van der Waals surface area contributed by atoms with Crippen molar-refractivity contribution < 1.29 is 19.1 Å². The van der Waals surface area contributed by atoms with E-state index in [0.717, 1.165) is 0 Å². The molecule has 6 nitrogen and oxygen atoms in total. The van der Waals surface area contributed by atoms with Crippen LogP contribution >= 0.6 is 0 Å². The van der Waals surface area contributed by atoms with Gasteiger partial charge in [0.2, 0.25) is 5.89 Å². The average Bonchev–Trinajstić information content (AvgIpc) is 2.96. The Bertz CT molecular complexity index is 615. The van der Waals surface area contributed by atoms with Crippen LogP contribution in [0.15, 0.2) is 28.7 Å². The van der Waals surface area contributed by atoms with Crippen molar-refractivity contribution in [2.24, 2.45) is 0 Å². The van der Waals surface area contributed by atoms with Gasteiger partial charge in [-0.15, -0.1) is 10.2 Å². The highest BCUT2D eigenvalue weighted by Gasteiger charge is 2.21. The van der Waals surface area contributed by atoms with Crippen LogP contribution in [0.2, 0.25) is 0 Å². The number of hydrogen-bond acceptors (Lipinski definition) is 5. The highest BCUT2D eigenvalue weighted by Crippen LogP contribution is 2.22. The first-order valence-electron chi connectivity index (χ1n) is 7.16. The van der Waals surface area contributed by atoms with Crippen molar-refractivity contribution in [3.8, 4) is 5.75 Å². The molecule has 2 aromatic rings. The Kier molecular flexibility index (Phi) is 6.10. The molecule has 0 aliphatic carbocycles. The molecule has 0 fully saturated rings. The molecule has 0 saturated carbocycles. The first-order valence-corrected chi connectivity index (χ1v) is 7.16. The molecule has 0 saturated heterocycles. The molecule has 0 bridgehead atoms. The van der Waals surface area contributed by atoms with Gasteiger partial charge in [0, 0.05) is 5.41 Å². The van der Waals surface area contributed by atoms with Crippen LogP contribution in [-0.2, 0) is 12.0 Å². The van der Waals surface area contributed by atoms with Gasteiger partial charge in [-0.1, -0.05) is 46.8 Å². The van der Waals surface area contributed by atoms with Crippen molar-refractivity contribution in [2.45, 2.75) is 46.6 Å². The van der Waals surface area contributed by atoms with Gasteiger partial charge < -0.3 is 14.3 Å². The number of carboxylic acids is 1. The van der Waals surface area contributed by atoms with Crippen molar-refractivity contribution in [3.05, 3.63) is 41.6 Å². The molecule has 1 aromatic carbocycles. The summed E-state index contributed by atoms with van der Waals surface area (Å²) < 4.78 is 10.9. The lowest BCUT2D eigenvalue weighted by molar-refractivity contribution is 0.0691.